The summed E-state index contributed by atoms with van der Waals surface area (Å²) in [7, 11) is 0. The minimum atomic E-state index is -1.56. The Bertz CT molecular complexity index is 449. The number of carboxylic acids is 1. The van der Waals surface area contributed by atoms with Crippen molar-refractivity contribution in [1.29, 1.82) is 0 Å². The molecule has 0 unspecified atom stereocenters. The molecule has 0 aromatic heterocycles. The van der Waals surface area contributed by atoms with E-state index in [9.17, 15) is 18.0 Å². The van der Waals surface area contributed by atoms with E-state index in [0.717, 1.165) is 6.07 Å². The fraction of sp³-hybridized carbons (Fsp3) is 0.364. The Morgan fingerprint density at radius 1 is 1.41 bits per heavy atom. The van der Waals surface area contributed by atoms with Crippen LogP contribution < -0.4 is 5.73 Å². The molecule has 0 aliphatic heterocycles. The summed E-state index contributed by atoms with van der Waals surface area (Å²) >= 11 is 0. The first-order valence-corrected chi connectivity index (χ1v) is 4.93. The summed E-state index contributed by atoms with van der Waals surface area (Å²) < 4.78 is 39.2. The molecule has 0 heterocycles. The lowest BCUT2D eigenvalue weighted by atomic mass is 9.98. The molecule has 0 spiro atoms. The molecule has 3 N–H and O–H groups in total. The SMILES string of the molecule is Cc1cc(F)c(F)c(F)c1C[C@H](N)CC(=O)O. The van der Waals surface area contributed by atoms with Gasteiger partial charge in [0.05, 0.1) is 6.42 Å². The molecule has 1 rings (SSSR count). The first-order chi connectivity index (χ1) is 7.82. The van der Waals surface area contributed by atoms with Gasteiger partial charge < -0.3 is 10.8 Å². The third kappa shape index (κ3) is 3.20. The normalized spacial score (nSPS) is 12.5. The van der Waals surface area contributed by atoms with Crippen molar-refractivity contribution in [2.45, 2.75) is 25.8 Å². The van der Waals surface area contributed by atoms with E-state index in [2.05, 4.69) is 0 Å². The Morgan fingerprint density at radius 3 is 2.53 bits per heavy atom. The molecule has 0 aliphatic carbocycles. The zero-order chi connectivity index (χ0) is 13.2. The smallest absolute Gasteiger partial charge is 0.304 e. The standard InChI is InChI=1S/C11H12F3NO2/c1-5-2-8(12)11(14)10(13)7(5)3-6(15)4-9(16)17/h2,6H,3-4,15H2,1H3,(H,16,17)/t6-/m0/s1. The minimum Gasteiger partial charge on any atom is -0.481 e. The van der Waals surface area contributed by atoms with E-state index in [1.807, 2.05) is 0 Å². The van der Waals surface area contributed by atoms with Crippen LogP contribution in [0.25, 0.3) is 0 Å². The molecule has 0 bridgehead atoms. The van der Waals surface area contributed by atoms with E-state index in [1.54, 1.807) is 0 Å². The summed E-state index contributed by atoms with van der Waals surface area (Å²) in [5, 5.41) is 8.49. The quantitative estimate of drug-likeness (QED) is 0.797. The number of hydrogen-bond acceptors (Lipinski definition) is 2. The highest BCUT2D eigenvalue weighted by molar-refractivity contribution is 5.67. The predicted octanol–water partition coefficient (Wildman–Crippen LogP) is 1.76. The summed E-state index contributed by atoms with van der Waals surface area (Å²) in [5.74, 6) is -5.26. The van der Waals surface area contributed by atoms with Gasteiger partial charge in [-0.25, -0.2) is 13.2 Å². The first-order valence-electron chi connectivity index (χ1n) is 4.93. The number of carbonyl (C=O) groups is 1. The van der Waals surface area contributed by atoms with Crippen LogP contribution >= 0.6 is 0 Å². The Balaban J connectivity index is 2.99. The third-order valence-electron chi connectivity index (χ3n) is 2.39. The predicted molar refractivity (Wildman–Crippen MR) is 55.0 cm³/mol. The number of aliphatic carboxylic acids is 1. The molecular weight excluding hydrogens is 235 g/mol. The zero-order valence-electron chi connectivity index (χ0n) is 9.14. The number of nitrogens with two attached hydrogens (primary N) is 1. The lowest BCUT2D eigenvalue weighted by Gasteiger charge is -2.13. The van der Waals surface area contributed by atoms with Gasteiger partial charge in [-0.05, 0) is 30.5 Å². The largest absolute Gasteiger partial charge is 0.481 e. The summed E-state index contributed by atoms with van der Waals surface area (Å²) in [6, 6.07) is 0.0203. The van der Waals surface area contributed by atoms with Gasteiger partial charge in [0, 0.05) is 6.04 Å². The van der Waals surface area contributed by atoms with Gasteiger partial charge in [0.2, 0.25) is 0 Å². The summed E-state index contributed by atoms with van der Waals surface area (Å²) in [4.78, 5) is 10.4. The maximum absolute atomic E-state index is 13.4. The molecule has 0 fully saturated rings. The molecule has 0 aliphatic rings. The van der Waals surface area contributed by atoms with Crippen molar-refractivity contribution in [1.82, 2.24) is 0 Å². The maximum atomic E-state index is 13.4. The van der Waals surface area contributed by atoms with Crippen molar-refractivity contribution in [3.05, 3.63) is 34.6 Å². The third-order valence-corrected chi connectivity index (χ3v) is 2.39. The molecule has 17 heavy (non-hydrogen) atoms. The van der Waals surface area contributed by atoms with Crippen LogP contribution in [0.2, 0.25) is 0 Å². The Kier molecular flexibility index (Phi) is 4.11. The highest BCUT2D eigenvalue weighted by Crippen LogP contribution is 2.21. The van der Waals surface area contributed by atoms with E-state index in [-0.39, 0.29) is 24.0 Å². The Hall–Kier alpha value is -1.56. The molecule has 3 nitrogen and oxygen atoms in total. The monoisotopic (exact) mass is 247 g/mol. The van der Waals surface area contributed by atoms with Crippen LogP contribution in [-0.2, 0) is 11.2 Å². The zero-order valence-corrected chi connectivity index (χ0v) is 9.14. The molecule has 1 atom stereocenters. The van der Waals surface area contributed by atoms with Crippen LogP contribution in [-0.4, -0.2) is 17.1 Å². The minimum absolute atomic E-state index is 0.0855. The number of aryl methyl sites for hydroxylation is 1. The van der Waals surface area contributed by atoms with Crippen LogP contribution in [0, 0.1) is 24.4 Å². The number of carboxylic acid groups (broad SMARTS) is 1. The molecule has 0 amide bonds. The Labute approximate surface area is 96.0 Å². The average molecular weight is 247 g/mol. The summed E-state index contributed by atoms with van der Waals surface area (Å²) in [6.45, 7) is 1.41. The van der Waals surface area contributed by atoms with E-state index in [0.29, 0.717) is 0 Å². The van der Waals surface area contributed by atoms with Gasteiger partial charge in [-0.3, -0.25) is 4.79 Å². The van der Waals surface area contributed by atoms with Crippen LogP contribution in [0.1, 0.15) is 17.5 Å². The lowest BCUT2D eigenvalue weighted by Crippen LogP contribution is -2.27. The van der Waals surface area contributed by atoms with Crippen LogP contribution in [0.4, 0.5) is 13.2 Å². The van der Waals surface area contributed by atoms with E-state index in [1.165, 1.54) is 6.92 Å². The highest BCUT2D eigenvalue weighted by atomic mass is 19.2. The lowest BCUT2D eigenvalue weighted by molar-refractivity contribution is -0.137. The van der Waals surface area contributed by atoms with E-state index >= 15 is 0 Å². The molecule has 0 saturated heterocycles. The second kappa shape index (κ2) is 5.18. The second-order valence-electron chi connectivity index (χ2n) is 3.84. The van der Waals surface area contributed by atoms with Gasteiger partial charge in [-0.2, -0.15) is 0 Å². The number of benzene rings is 1. The van der Waals surface area contributed by atoms with Crippen molar-refractivity contribution in [2.24, 2.45) is 5.73 Å². The van der Waals surface area contributed by atoms with Crippen molar-refractivity contribution in [2.75, 3.05) is 0 Å². The number of hydrogen-bond donors (Lipinski definition) is 2. The van der Waals surface area contributed by atoms with Crippen LogP contribution in [0.5, 0.6) is 0 Å². The van der Waals surface area contributed by atoms with Gasteiger partial charge in [-0.15, -0.1) is 0 Å². The van der Waals surface area contributed by atoms with Gasteiger partial charge in [0.15, 0.2) is 17.5 Å². The fourth-order valence-corrected chi connectivity index (χ4v) is 1.56. The van der Waals surface area contributed by atoms with E-state index < -0.39 is 29.5 Å². The van der Waals surface area contributed by atoms with Crippen LogP contribution in [0.3, 0.4) is 0 Å². The van der Waals surface area contributed by atoms with Gasteiger partial charge in [0.1, 0.15) is 0 Å². The average Bonchev–Trinajstić information content (AvgIpc) is 2.20. The molecule has 0 saturated carbocycles. The summed E-state index contributed by atoms with van der Waals surface area (Å²) in [6.07, 6.45) is -0.515. The second-order valence-corrected chi connectivity index (χ2v) is 3.84. The summed E-state index contributed by atoms with van der Waals surface area (Å²) in [5.41, 5.74) is 5.59. The molecule has 6 heteroatoms. The van der Waals surface area contributed by atoms with Gasteiger partial charge in [-0.1, -0.05) is 0 Å². The first kappa shape index (κ1) is 13.5. The van der Waals surface area contributed by atoms with Crippen molar-refractivity contribution in [3.8, 4) is 0 Å². The molecule has 0 radical (unpaired) electrons. The van der Waals surface area contributed by atoms with E-state index in [4.69, 9.17) is 10.8 Å². The Morgan fingerprint density at radius 2 is 2.00 bits per heavy atom. The molecular formula is C11H12F3NO2. The van der Waals surface area contributed by atoms with Gasteiger partial charge >= 0.3 is 5.97 Å². The number of rotatable bonds is 4. The van der Waals surface area contributed by atoms with Gasteiger partial charge in [0.25, 0.3) is 0 Å². The van der Waals surface area contributed by atoms with Crippen molar-refractivity contribution in [3.63, 3.8) is 0 Å². The highest BCUT2D eigenvalue weighted by Gasteiger charge is 2.19. The fourth-order valence-electron chi connectivity index (χ4n) is 1.56. The van der Waals surface area contributed by atoms with Crippen molar-refractivity contribution >= 4 is 5.97 Å². The van der Waals surface area contributed by atoms with Crippen molar-refractivity contribution < 1.29 is 23.1 Å². The molecule has 1 aromatic carbocycles. The molecule has 1 aromatic rings. The number of halogens is 3. The van der Waals surface area contributed by atoms with Crippen LogP contribution in [0.15, 0.2) is 6.07 Å². The maximum Gasteiger partial charge on any atom is 0.304 e. The molecule has 94 valence electrons. The topological polar surface area (TPSA) is 63.3 Å².